The van der Waals surface area contributed by atoms with Gasteiger partial charge in [-0.2, -0.15) is 0 Å². The van der Waals surface area contributed by atoms with Crippen molar-refractivity contribution in [2.24, 2.45) is 0 Å². The van der Waals surface area contributed by atoms with Gasteiger partial charge in [-0.15, -0.1) is 11.5 Å². The van der Waals surface area contributed by atoms with Gasteiger partial charge in [-0.05, 0) is 47.1 Å². The maximum Gasteiger partial charge on any atom is 2.00 e. The van der Waals surface area contributed by atoms with Crippen LogP contribution in [0.1, 0.15) is 37.3 Å². The van der Waals surface area contributed by atoms with Gasteiger partial charge in [0.1, 0.15) is 0 Å². The third kappa shape index (κ3) is 6.12. The first kappa shape index (κ1) is 22.5. The van der Waals surface area contributed by atoms with Gasteiger partial charge in [0.15, 0.2) is 0 Å². The molecule has 2 aromatic rings. The van der Waals surface area contributed by atoms with Gasteiger partial charge in [0, 0.05) is 0 Å². The van der Waals surface area contributed by atoms with Gasteiger partial charge in [0.05, 0.1) is 0 Å². The molecule has 2 aromatic carbocycles. The minimum Gasteiger partial charge on any atom is -0.872 e. The van der Waals surface area contributed by atoms with Gasteiger partial charge in [-0.3, -0.25) is 0 Å². The van der Waals surface area contributed by atoms with Gasteiger partial charge in [-0.1, -0.05) is 98.0 Å². The van der Waals surface area contributed by atoms with E-state index < -0.39 is 0 Å². The van der Waals surface area contributed by atoms with E-state index in [1.807, 2.05) is 18.2 Å². The number of hydrogen-bond donors (Lipinski definition) is 0. The van der Waals surface area contributed by atoms with E-state index in [0.717, 1.165) is 36.0 Å². The Hall–Kier alpha value is -2.74. The van der Waals surface area contributed by atoms with Crippen LogP contribution >= 0.6 is 0 Å². The van der Waals surface area contributed by atoms with E-state index in [1.54, 1.807) is 30.3 Å². The number of hydrogen-bond acceptors (Lipinski definition) is 2. The standard InChI is InChI=1S/C21H20O2.C5H6.Fe/c1-2-20(15-6-3-4-7-15)21(16-10-12-18(22)13-11-16)17-8-5-9-19(23)14-17;1-2-4-5-3-1;/h3,5-14,22-23H,2,4H2,1H3;1-4H,5H2;/q;;+2/p-2/b21-20+;;. The smallest absolute Gasteiger partial charge is 0.872 e. The molecule has 0 fully saturated rings. The van der Waals surface area contributed by atoms with Crippen LogP contribution in [0.25, 0.3) is 5.57 Å². The van der Waals surface area contributed by atoms with Crippen LogP contribution in [0.2, 0.25) is 0 Å². The first-order chi connectivity index (χ1) is 13.7. The average Bonchev–Trinajstić information content (AvgIpc) is 3.43. The molecule has 0 atom stereocenters. The predicted molar refractivity (Wildman–Crippen MR) is 113 cm³/mol. The summed E-state index contributed by atoms with van der Waals surface area (Å²) in [7, 11) is 0. The quantitative estimate of drug-likeness (QED) is 0.615. The summed E-state index contributed by atoms with van der Waals surface area (Å²) in [6.07, 6.45) is 17.7. The minimum atomic E-state index is -0.0105. The zero-order chi connectivity index (χ0) is 19.8. The van der Waals surface area contributed by atoms with Crippen LogP contribution in [0.5, 0.6) is 11.5 Å². The van der Waals surface area contributed by atoms with Crippen molar-refractivity contribution in [3.05, 3.63) is 113 Å². The molecular formula is C26H24FeO2. The van der Waals surface area contributed by atoms with E-state index in [4.69, 9.17) is 0 Å². The van der Waals surface area contributed by atoms with Gasteiger partial charge >= 0.3 is 17.1 Å². The van der Waals surface area contributed by atoms with Crippen molar-refractivity contribution < 1.29 is 27.3 Å². The molecule has 0 unspecified atom stereocenters. The SMILES string of the molecule is C1=CCC=C1.CC/C(C1=CCC=C1)=C(/c1ccc([O-])cc1)c1cccc([O-])c1.[Fe+2]. The first-order valence-electron chi connectivity index (χ1n) is 9.66. The molecule has 3 heteroatoms. The third-order valence-corrected chi connectivity index (χ3v) is 4.70. The summed E-state index contributed by atoms with van der Waals surface area (Å²) in [6, 6.07) is 13.8. The molecule has 0 radical (unpaired) electrons. The Morgan fingerprint density at radius 2 is 1.55 bits per heavy atom. The second-order valence-corrected chi connectivity index (χ2v) is 6.65. The summed E-state index contributed by atoms with van der Waals surface area (Å²) >= 11 is 0. The normalized spacial score (nSPS) is 14.6. The van der Waals surface area contributed by atoms with Crippen molar-refractivity contribution in [3.63, 3.8) is 0 Å². The minimum absolute atomic E-state index is 0. The van der Waals surface area contributed by atoms with Crippen molar-refractivity contribution in [1.29, 1.82) is 0 Å². The van der Waals surface area contributed by atoms with Crippen molar-refractivity contribution in [1.82, 2.24) is 0 Å². The molecule has 0 bridgehead atoms. The molecule has 4 rings (SSSR count). The molecule has 0 spiro atoms. The molecule has 0 saturated carbocycles. The summed E-state index contributed by atoms with van der Waals surface area (Å²) in [5, 5.41) is 23.3. The summed E-state index contributed by atoms with van der Waals surface area (Å²) in [6.45, 7) is 2.12. The fourth-order valence-corrected chi connectivity index (χ4v) is 3.39. The fourth-order valence-electron chi connectivity index (χ4n) is 3.39. The van der Waals surface area contributed by atoms with Crippen LogP contribution in [-0.2, 0) is 17.1 Å². The zero-order valence-electron chi connectivity index (χ0n) is 16.5. The van der Waals surface area contributed by atoms with E-state index in [1.165, 1.54) is 11.1 Å². The van der Waals surface area contributed by atoms with Crippen molar-refractivity contribution in [2.45, 2.75) is 26.2 Å². The maximum absolute atomic E-state index is 11.8. The van der Waals surface area contributed by atoms with E-state index in [2.05, 4.69) is 49.5 Å². The van der Waals surface area contributed by atoms with Crippen LogP contribution in [0, 0.1) is 0 Å². The number of allylic oxidation sites excluding steroid dienone is 9. The Morgan fingerprint density at radius 3 is 2.07 bits per heavy atom. The van der Waals surface area contributed by atoms with Gasteiger partial charge in [-0.25, -0.2) is 0 Å². The Balaban J connectivity index is 0.000000437. The largest absolute Gasteiger partial charge is 2.00 e. The number of benzene rings is 2. The Labute approximate surface area is 183 Å². The van der Waals surface area contributed by atoms with Crippen molar-refractivity contribution >= 4 is 5.57 Å². The number of rotatable bonds is 4. The first-order valence-corrected chi connectivity index (χ1v) is 9.66. The van der Waals surface area contributed by atoms with E-state index in [9.17, 15) is 10.2 Å². The molecule has 0 heterocycles. The molecule has 0 amide bonds. The Morgan fingerprint density at radius 1 is 0.828 bits per heavy atom. The van der Waals surface area contributed by atoms with Crippen LogP contribution in [-0.4, -0.2) is 0 Å². The Bertz CT molecular complexity index is 950. The van der Waals surface area contributed by atoms with E-state index in [-0.39, 0.29) is 28.6 Å². The van der Waals surface area contributed by atoms with Gasteiger partial charge < -0.3 is 10.2 Å². The molecule has 0 saturated heterocycles. The van der Waals surface area contributed by atoms with Crippen LogP contribution in [0.3, 0.4) is 0 Å². The second-order valence-electron chi connectivity index (χ2n) is 6.65. The summed E-state index contributed by atoms with van der Waals surface area (Å²) in [5.74, 6) is -0.0180. The summed E-state index contributed by atoms with van der Waals surface area (Å²) < 4.78 is 0. The van der Waals surface area contributed by atoms with Gasteiger partial charge in [0.25, 0.3) is 0 Å². The van der Waals surface area contributed by atoms with Crippen LogP contribution in [0.15, 0.2) is 102 Å². The van der Waals surface area contributed by atoms with Crippen LogP contribution in [0.4, 0.5) is 0 Å². The third-order valence-electron chi connectivity index (χ3n) is 4.70. The molecule has 29 heavy (non-hydrogen) atoms. The van der Waals surface area contributed by atoms with Crippen molar-refractivity contribution in [2.75, 3.05) is 0 Å². The Kier molecular flexibility index (Phi) is 8.79. The molecule has 0 aliphatic heterocycles. The van der Waals surface area contributed by atoms with E-state index >= 15 is 0 Å². The molecule has 148 valence electrons. The van der Waals surface area contributed by atoms with E-state index in [0.29, 0.717) is 0 Å². The monoisotopic (exact) mass is 424 g/mol. The molecule has 2 aliphatic carbocycles. The van der Waals surface area contributed by atoms with Crippen molar-refractivity contribution in [3.8, 4) is 11.5 Å². The average molecular weight is 424 g/mol. The van der Waals surface area contributed by atoms with Gasteiger partial charge in [0.2, 0.25) is 0 Å². The molecular weight excluding hydrogens is 400 g/mol. The predicted octanol–water partition coefficient (Wildman–Crippen LogP) is 5.43. The topological polar surface area (TPSA) is 46.1 Å². The second kappa shape index (κ2) is 11.3. The summed E-state index contributed by atoms with van der Waals surface area (Å²) in [4.78, 5) is 0. The molecule has 0 N–H and O–H groups in total. The molecule has 2 nitrogen and oxygen atoms in total. The molecule has 0 aromatic heterocycles. The fraction of sp³-hybridized carbons (Fsp3) is 0.154. The summed E-state index contributed by atoms with van der Waals surface area (Å²) in [5.41, 5.74) is 5.29. The zero-order valence-corrected chi connectivity index (χ0v) is 17.6. The maximum atomic E-state index is 11.8. The molecule has 2 aliphatic rings. The van der Waals surface area contributed by atoms with Crippen LogP contribution < -0.4 is 10.2 Å².